The molecule has 3 N–H and O–H groups in total. The Kier molecular flexibility index (Phi) is 12.3. The predicted molar refractivity (Wildman–Crippen MR) is 128 cm³/mol. The van der Waals surface area contributed by atoms with E-state index in [1.807, 2.05) is 55.5 Å². The first-order chi connectivity index (χ1) is 13.7. The largest absolute Gasteiger partial charge is 0.492 e. The lowest BCUT2D eigenvalue weighted by molar-refractivity contribution is -0.114. The van der Waals surface area contributed by atoms with E-state index < -0.39 is 0 Å². The lowest BCUT2D eigenvalue weighted by Crippen LogP contribution is -2.39. The van der Waals surface area contributed by atoms with E-state index >= 15 is 0 Å². The smallest absolute Gasteiger partial charge is 0.221 e. The lowest BCUT2D eigenvalue weighted by atomic mass is 10.3. The highest BCUT2D eigenvalue weighted by molar-refractivity contribution is 14.0. The molecule has 0 heterocycles. The molecule has 0 aliphatic rings. The molecule has 0 spiro atoms. The van der Waals surface area contributed by atoms with Crippen LogP contribution in [0.3, 0.4) is 0 Å². The van der Waals surface area contributed by atoms with E-state index in [-0.39, 0.29) is 29.9 Å². The van der Waals surface area contributed by atoms with Gasteiger partial charge >= 0.3 is 0 Å². The zero-order valence-corrected chi connectivity index (χ0v) is 19.1. The van der Waals surface area contributed by atoms with Crippen molar-refractivity contribution in [2.45, 2.75) is 13.8 Å². The number of ether oxygens (including phenoxy) is 2. The van der Waals surface area contributed by atoms with Gasteiger partial charge in [0.25, 0.3) is 0 Å². The molecule has 0 aliphatic heterocycles. The van der Waals surface area contributed by atoms with Crippen molar-refractivity contribution in [2.75, 3.05) is 38.2 Å². The van der Waals surface area contributed by atoms with E-state index in [0.29, 0.717) is 37.7 Å². The van der Waals surface area contributed by atoms with Crippen molar-refractivity contribution >= 4 is 41.5 Å². The van der Waals surface area contributed by atoms with Gasteiger partial charge in [-0.25, -0.2) is 4.99 Å². The second kappa shape index (κ2) is 14.5. The first-order valence-electron chi connectivity index (χ1n) is 9.38. The molecule has 29 heavy (non-hydrogen) atoms. The fourth-order valence-electron chi connectivity index (χ4n) is 2.38. The van der Waals surface area contributed by atoms with E-state index in [0.717, 1.165) is 18.3 Å². The standard InChI is InChI=1S/C21H28N4O3.HI/c1-3-22-21(23-12-14-27-19-9-5-4-6-10-19)24-13-15-28-20-11-7-8-18(16-20)25-17(2)26;/h4-11,16H,3,12-15H2,1-2H3,(H,25,26)(H2,22,23,24);1H. The zero-order valence-electron chi connectivity index (χ0n) is 16.8. The number of halogens is 1. The van der Waals surface area contributed by atoms with Gasteiger partial charge in [-0.1, -0.05) is 24.3 Å². The van der Waals surface area contributed by atoms with Crippen molar-refractivity contribution in [3.8, 4) is 11.5 Å². The number of para-hydroxylation sites is 1. The normalized spacial score (nSPS) is 10.5. The Morgan fingerprint density at radius 1 is 0.966 bits per heavy atom. The molecule has 0 fully saturated rings. The van der Waals surface area contributed by atoms with Crippen LogP contribution in [0.1, 0.15) is 13.8 Å². The van der Waals surface area contributed by atoms with Crippen LogP contribution in [-0.2, 0) is 4.79 Å². The van der Waals surface area contributed by atoms with Gasteiger partial charge in [0, 0.05) is 25.2 Å². The van der Waals surface area contributed by atoms with Crippen LogP contribution in [0, 0.1) is 0 Å². The van der Waals surface area contributed by atoms with Gasteiger partial charge in [-0.05, 0) is 31.2 Å². The van der Waals surface area contributed by atoms with E-state index in [1.54, 1.807) is 6.07 Å². The van der Waals surface area contributed by atoms with Crippen LogP contribution in [0.15, 0.2) is 59.6 Å². The molecule has 0 radical (unpaired) electrons. The number of hydrogen-bond acceptors (Lipinski definition) is 4. The summed E-state index contributed by atoms with van der Waals surface area (Å²) in [5.41, 5.74) is 0.710. The van der Waals surface area contributed by atoms with Crippen molar-refractivity contribution in [1.82, 2.24) is 10.6 Å². The molecule has 1 amide bonds. The summed E-state index contributed by atoms with van der Waals surface area (Å²) in [6.45, 7) is 6.37. The Hall–Kier alpha value is -2.49. The minimum absolute atomic E-state index is 0. The molecule has 2 aromatic rings. The van der Waals surface area contributed by atoms with Gasteiger partial charge in [0.2, 0.25) is 5.91 Å². The second-order valence-electron chi connectivity index (χ2n) is 5.91. The monoisotopic (exact) mass is 512 g/mol. The number of amides is 1. The molecule has 0 saturated heterocycles. The second-order valence-corrected chi connectivity index (χ2v) is 5.91. The van der Waals surface area contributed by atoms with Gasteiger partial charge < -0.3 is 25.4 Å². The summed E-state index contributed by atoms with van der Waals surface area (Å²) in [7, 11) is 0. The Balaban J connectivity index is 0.00000420. The SMILES string of the molecule is CCNC(=NCCOc1cccc(NC(C)=O)c1)NCCOc1ccccc1.I. The summed E-state index contributed by atoms with van der Waals surface area (Å²) in [4.78, 5) is 15.6. The highest BCUT2D eigenvalue weighted by Gasteiger charge is 2.00. The number of nitrogens with one attached hydrogen (secondary N) is 3. The van der Waals surface area contributed by atoms with Crippen LogP contribution in [0.2, 0.25) is 0 Å². The predicted octanol–water partition coefficient (Wildman–Crippen LogP) is 3.28. The Bertz CT molecular complexity index is 757. The molecule has 0 atom stereocenters. The quantitative estimate of drug-likeness (QED) is 0.197. The first kappa shape index (κ1) is 24.5. The highest BCUT2D eigenvalue weighted by atomic mass is 127. The molecule has 7 nitrogen and oxygen atoms in total. The molecule has 2 aromatic carbocycles. The molecular weight excluding hydrogens is 483 g/mol. The summed E-state index contributed by atoms with van der Waals surface area (Å²) in [6, 6.07) is 17.0. The van der Waals surface area contributed by atoms with Gasteiger partial charge in [-0.15, -0.1) is 24.0 Å². The minimum atomic E-state index is -0.112. The van der Waals surface area contributed by atoms with E-state index in [1.165, 1.54) is 6.92 Å². The van der Waals surface area contributed by atoms with Gasteiger partial charge in [0.05, 0.1) is 13.1 Å². The van der Waals surface area contributed by atoms with Crippen LogP contribution in [-0.4, -0.2) is 44.7 Å². The summed E-state index contributed by atoms with van der Waals surface area (Å²) in [5, 5.41) is 9.15. The van der Waals surface area contributed by atoms with Crippen LogP contribution < -0.4 is 25.4 Å². The highest BCUT2D eigenvalue weighted by Crippen LogP contribution is 2.17. The van der Waals surface area contributed by atoms with Crippen molar-refractivity contribution in [2.24, 2.45) is 4.99 Å². The molecule has 0 bridgehead atoms. The van der Waals surface area contributed by atoms with E-state index in [4.69, 9.17) is 9.47 Å². The van der Waals surface area contributed by atoms with Crippen LogP contribution >= 0.6 is 24.0 Å². The molecule has 0 aromatic heterocycles. The Labute approximate surface area is 189 Å². The number of hydrogen-bond donors (Lipinski definition) is 3. The number of carbonyl (C=O) groups excluding carboxylic acids is 1. The molecule has 0 saturated carbocycles. The third-order valence-electron chi connectivity index (χ3n) is 3.54. The van der Waals surface area contributed by atoms with E-state index in [9.17, 15) is 4.79 Å². The maximum absolute atomic E-state index is 11.1. The Morgan fingerprint density at radius 3 is 2.41 bits per heavy atom. The third-order valence-corrected chi connectivity index (χ3v) is 3.54. The van der Waals surface area contributed by atoms with Crippen molar-refractivity contribution in [3.63, 3.8) is 0 Å². The molecule has 8 heteroatoms. The van der Waals surface area contributed by atoms with Crippen LogP contribution in [0.5, 0.6) is 11.5 Å². The van der Waals surface area contributed by atoms with Crippen molar-refractivity contribution in [1.29, 1.82) is 0 Å². The zero-order chi connectivity index (χ0) is 20.0. The number of rotatable bonds is 10. The fraction of sp³-hybridized carbons (Fsp3) is 0.333. The van der Waals surface area contributed by atoms with Crippen LogP contribution in [0.4, 0.5) is 5.69 Å². The van der Waals surface area contributed by atoms with Crippen molar-refractivity contribution in [3.05, 3.63) is 54.6 Å². The number of guanidine groups is 1. The van der Waals surface area contributed by atoms with Gasteiger partial charge in [0.15, 0.2) is 5.96 Å². The molecular formula is C21H29IN4O3. The maximum Gasteiger partial charge on any atom is 0.221 e. The van der Waals surface area contributed by atoms with E-state index in [2.05, 4.69) is 20.9 Å². The first-order valence-corrected chi connectivity index (χ1v) is 9.38. The topological polar surface area (TPSA) is 84.0 Å². The number of nitrogens with zero attached hydrogens (tertiary/aromatic N) is 1. The molecule has 158 valence electrons. The number of carbonyl (C=O) groups is 1. The van der Waals surface area contributed by atoms with Gasteiger partial charge in [0.1, 0.15) is 24.7 Å². The number of benzene rings is 2. The van der Waals surface area contributed by atoms with Gasteiger partial charge in [-0.3, -0.25) is 4.79 Å². The lowest BCUT2D eigenvalue weighted by Gasteiger charge is -2.12. The summed E-state index contributed by atoms with van der Waals surface area (Å²) in [5.74, 6) is 2.14. The minimum Gasteiger partial charge on any atom is -0.492 e. The fourth-order valence-corrected chi connectivity index (χ4v) is 2.38. The average molecular weight is 512 g/mol. The summed E-state index contributed by atoms with van der Waals surface area (Å²) >= 11 is 0. The molecule has 0 unspecified atom stereocenters. The number of anilines is 1. The summed E-state index contributed by atoms with van der Waals surface area (Å²) < 4.78 is 11.4. The Morgan fingerprint density at radius 2 is 1.69 bits per heavy atom. The van der Waals surface area contributed by atoms with Crippen molar-refractivity contribution < 1.29 is 14.3 Å². The third kappa shape index (κ3) is 10.6. The van der Waals surface area contributed by atoms with Crippen LogP contribution in [0.25, 0.3) is 0 Å². The maximum atomic E-state index is 11.1. The molecule has 2 rings (SSSR count). The molecule has 0 aliphatic carbocycles. The number of aliphatic imine (C=N–C) groups is 1. The van der Waals surface area contributed by atoms with Gasteiger partial charge in [-0.2, -0.15) is 0 Å². The summed E-state index contributed by atoms with van der Waals surface area (Å²) in [6.07, 6.45) is 0. The average Bonchev–Trinajstić information content (AvgIpc) is 2.69.